The number of carbonyl (C=O) groups is 1. The normalized spacial score (nSPS) is 32.4. The zero-order valence-electron chi connectivity index (χ0n) is 12.2. The summed E-state index contributed by atoms with van der Waals surface area (Å²) in [5.74, 6) is 0.330. The number of rotatable bonds is 5. The van der Waals surface area contributed by atoms with E-state index >= 15 is 0 Å². The second-order valence-electron chi connectivity index (χ2n) is 6.04. The first-order valence-corrected chi connectivity index (χ1v) is 8.91. The van der Waals surface area contributed by atoms with Gasteiger partial charge in [-0.25, -0.2) is 8.42 Å². The van der Waals surface area contributed by atoms with Crippen LogP contribution in [0.3, 0.4) is 0 Å². The van der Waals surface area contributed by atoms with Crippen LogP contribution in [0.1, 0.15) is 19.8 Å². The molecule has 2 saturated heterocycles. The van der Waals surface area contributed by atoms with Crippen LogP contribution in [0, 0.1) is 5.41 Å². The van der Waals surface area contributed by atoms with E-state index in [-0.39, 0.29) is 23.5 Å². The minimum absolute atomic E-state index is 0.0571. The number of hydrogen-bond acceptors (Lipinski definition) is 5. The number of nitrogens with zero attached hydrogens (tertiary/aromatic N) is 1. The maximum absolute atomic E-state index is 12.8. The van der Waals surface area contributed by atoms with Crippen LogP contribution in [0.4, 0.5) is 0 Å². The highest BCUT2D eigenvalue weighted by atomic mass is 32.2. The Balaban J connectivity index is 2.13. The Morgan fingerprint density at radius 1 is 1.50 bits per heavy atom. The zero-order chi connectivity index (χ0) is 14.8. The van der Waals surface area contributed by atoms with Crippen LogP contribution < -0.4 is 5.32 Å². The van der Waals surface area contributed by atoms with Gasteiger partial charge in [0.1, 0.15) is 0 Å². The number of sulfone groups is 1. The molecule has 0 aliphatic carbocycles. The predicted octanol–water partition coefficient (Wildman–Crippen LogP) is -0.352. The number of ether oxygens (including phenoxy) is 1. The van der Waals surface area contributed by atoms with Gasteiger partial charge in [-0.3, -0.25) is 4.79 Å². The molecule has 1 N–H and O–H groups in total. The average Bonchev–Trinajstić information content (AvgIpc) is 2.97. The van der Waals surface area contributed by atoms with Gasteiger partial charge in [-0.15, -0.1) is 0 Å². The maximum atomic E-state index is 12.8. The zero-order valence-corrected chi connectivity index (χ0v) is 13.0. The molecule has 0 spiro atoms. The topological polar surface area (TPSA) is 75.7 Å². The summed E-state index contributed by atoms with van der Waals surface area (Å²) in [4.78, 5) is 14.5. The van der Waals surface area contributed by atoms with Gasteiger partial charge in [-0.1, -0.05) is 0 Å². The van der Waals surface area contributed by atoms with Crippen molar-refractivity contribution in [1.82, 2.24) is 10.2 Å². The smallest absolute Gasteiger partial charge is 0.230 e. The molecule has 0 aromatic rings. The van der Waals surface area contributed by atoms with E-state index in [0.29, 0.717) is 26.1 Å². The van der Waals surface area contributed by atoms with E-state index in [1.54, 1.807) is 12.0 Å². The summed E-state index contributed by atoms with van der Waals surface area (Å²) in [7, 11) is -1.40. The molecule has 2 fully saturated rings. The van der Waals surface area contributed by atoms with E-state index in [4.69, 9.17) is 4.74 Å². The van der Waals surface area contributed by atoms with E-state index in [9.17, 15) is 13.2 Å². The van der Waals surface area contributed by atoms with Crippen molar-refractivity contribution < 1.29 is 17.9 Å². The summed E-state index contributed by atoms with van der Waals surface area (Å²) >= 11 is 0. The summed E-state index contributed by atoms with van der Waals surface area (Å²) < 4.78 is 28.4. The van der Waals surface area contributed by atoms with Crippen molar-refractivity contribution in [1.29, 1.82) is 0 Å². The van der Waals surface area contributed by atoms with Crippen LogP contribution in [0.15, 0.2) is 0 Å². The SMILES string of the molecule is COCCN(C(=O)C1(C)CCNC1)C1CCS(=O)(=O)C1. The molecule has 2 atom stereocenters. The number of nitrogens with one attached hydrogen (secondary N) is 1. The van der Waals surface area contributed by atoms with Crippen LogP contribution in [0.5, 0.6) is 0 Å². The monoisotopic (exact) mass is 304 g/mol. The second kappa shape index (κ2) is 5.99. The molecule has 2 aliphatic heterocycles. The molecular formula is C13H24N2O4S. The third-order valence-electron chi connectivity index (χ3n) is 4.33. The van der Waals surface area contributed by atoms with Crippen molar-refractivity contribution in [2.24, 2.45) is 5.41 Å². The molecule has 7 heteroatoms. The molecule has 2 unspecified atom stereocenters. The fourth-order valence-electron chi connectivity index (χ4n) is 3.01. The molecule has 0 saturated carbocycles. The van der Waals surface area contributed by atoms with Gasteiger partial charge in [-0.05, 0) is 26.3 Å². The van der Waals surface area contributed by atoms with E-state index < -0.39 is 15.3 Å². The largest absolute Gasteiger partial charge is 0.383 e. The van der Waals surface area contributed by atoms with Crippen molar-refractivity contribution in [3.63, 3.8) is 0 Å². The first-order chi connectivity index (χ1) is 9.38. The van der Waals surface area contributed by atoms with Gasteiger partial charge in [-0.2, -0.15) is 0 Å². The third kappa shape index (κ3) is 3.32. The molecule has 0 bridgehead atoms. The predicted molar refractivity (Wildman–Crippen MR) is 76.2 cm³/mol. The van der Waals surface area contributed by atoms with Gasteiger partial charge in [0.05, 0.1) is 23.5 Å². The Kier molecular flexibility index (Phi) is 4.71. The molecule has 20 heavy (non-hydrogen) atoms. The number of carbonyl (C=O) groups excluding carboxylic acids is 1. The molecule has 116 valence electrons. The minimum atomic E-state index is -2.99. The van der Waals surface area contributed by atoms with Gasteiger partial charge in [0.15, 0.2) is 9.84 Å². The van der Waals surface area contributed by atoms with Crippen molar-refractivity contribution in [2.45, 2.75) is 25.8 Å². The minimum Gasteiger partial charge on any atom is -0.383 e. The average molecular weight is 304 g/mol. The molecule has 0 radical (unpaired) electrons. The van der Waals surface area contributed by atoms with Crippen molar-refractivity contribution >= 4 is 15.7 Å². The van der Waals surface area contributed by atoms with Crippen molar-refractivity contribution in [3.8, 4) is 0 Å². The molecule has 2 heterocycles. The molecule has 6 nitrogen and oxygen atoms in total. The summed E-state index contributed by atoms with van der Waals surface area (Å²) in [6.45, 7) is 4.35. The first-order valence-electron chi connectivity index (χ1n) is 7.09. The molecule has 2 rings (SSSR count). The van der Waals surface area contributed by atoms with Gasteiger partial charge in [0.2, 0.25) is 5.91 Å². The molecule has 0 aromatic heterocycles. The van der Waals surface area contributed by atoms with Crippen molar-refractivity contribution in [2.75, 3.05) is 44.9 Å². The van der Waals surface area contributed by atoms with Crippen LogP contribution in [0.25, 0.3) is 0 Å². The molecule has 2 aliphatic rings. The van der Waals surface area contributed by atoms with Gasteiger partial charge in [0, 0.05) is 26.2 Å². The van der Waals surface area contributed by atoms with Gasteiger partial charge in [0.25, 0.3) is 0 Å². The Morgan fingerprint density at radius 2 is 2.25 bits per heavy atom. The van der Waals surface area contributed by atoms with Crippen LogP contribution in [0.2, 0.25) is 0 Å². The first kappa shape index (κ1) is 15.7. The second-order valence-corrected chi connectivity index (χ2v) is 8.26. The number of amides is 1. The van der Waals surface area contributed by atoms with Crippen LogP contribution >= 0.6 is 0 Å². The fraction of sp³-hybridized carbons (Fsp3) is 0.923. The van der Waals surface area contributed by atoms with Gasteiger partial charge >= 0.3 is 0 Å². The van der Waals surface area contributed by atoms with E-state index in [1.807, 2.05) is 6.92 Å². The lowest BCUT2D eigenvalue weighted by Crippen LogP contribution is -2.50. The standard InChI is InChI=1S/C13H24N2O4S/c1-13(4-5-14-10-13)12(16)15(6-7-19-2)11-3-8-20(17,18)9-11/h11,14H,3-10H2,1-2H3. The third-order valence-corrected chi connectivity index (χ3v) is 6.08. The molecular weight excluding hydrogens is 280 g/mol. The summed E-state index contributed by atoms with van der Waals surface area (Å²) in [5, 5.41) is 3.21. The lowest BCUT2D eigenvalue weighted by molar-refractivity contribution is -0.143. The highest BCUT2D eigenvalue weighted by Crippen LogP contribution is 2.30. The highest BCUT2D eigenvalue weighted by molar-refractivity contribution is 7.91. The Hall–Kier alpha value is -0.660. The van der Waals surface area contributed by atoms with Crippen LogP contribution in [-0.2, 0) is 19.4 Å². The number of hydrogen-bond donors (Lipinski definition) is 1. The fourth-order valence-corrected chi connectivity index (χ4v) is 4.74. The summed E-state index contributed by atoms with van der Waals surface area (Å²) in [5.41, 5.74) is -0.417. The molecule has 1 amide bonds. The lowest BCUT2D eigenvalue weighted by Gasteiger charge is -2.35. The van der Waals surface area contributed by atoms with Gasteiger partial charge < -0.3 is 15.0 Å². The Bertz CT molecular complexity index is 457. The molecule has 0 aromatic carbocycles. The number of methoxy groups -OCH3 is 1. The Labute approximate surface area is 120 Å². The quantitative estimate of drug-likeness (QED) is 0.751. The maximum Gasteiger partial charge on any atom is 0.230 e. The Morgan fingerprint density at radius 3 is 2.75 bits per heavy atom. The van der Waals surface area contributed by atoms with Crippen molar-refractivity contribution in [3.05, 3.63) is 0 Å². The van der Waals surface area contributed by atoms with Crippen LogP contribution in [-0.4, -0.2) is 70.1 Å². The van der Waals surface area contributed by atoms with E-state index in [2.05, 4.69) is 5.32 Å². The summed E-state index contributed by atoms with van der Waals surface area (Å²) in [6.07, 6.45) is 1.34. The van der Waals surface area contributed by atoms with E-state index in [0.717, 1.165) is 13.0 Å². The lowest BCUT2D eigenvalue weighted by atomic mass is 9.87. The summed E-state index contributed by atoms with van der Waals surface area (Å²) in [6, 6.07) is -0.194. The highest BCUT2D eigenvalue weighted by Gasteiger charge is 2.43. The van der Waals surface area contributed by atoms with E-state index in [1.165, 1.54) is 0 Å².